The number of rotatable bonds is 3. The minimum Gasteiger partial charge on any atom is -0.423 e. The third-order valence-corrected chi connectivity index (χ3v) is 2.35. The molecule has 0 bridgehead atoms. The van der Waals surface area contributed by atoms with Gasteiger partial charge in [-0.15, -0.1) is 10.2 Å². The minimum absolute atomic E-state index is 0.573. The summed E-state index contributed by atoms with van der Waals surface area (Å²) in [5.41, 5.74) is -3.03. The van der Waals surface area contributed by atoms with Crippen LogP contribution in [0.3, 0.4) is 0 Å². The van der Waals surface area contributed by atoms with Gasteiger partial charge in [0.05, 0.1) is 4.92 Å². The number of nitrogens with one attached hydrogen (secondary N) is 1. The summed E-state index contributed by atoms with van der Waals surface area (Å²) in [7, 11) is 1.21. The zero-order chi connectivity index (χ0) is 14.9. The lowest BCUT2D eigenvalue weighted by molar-refractivity contribution is -0.384. The maximum absolute atomic E-state index is 13.1. The first kappa shape index (κ1) is 13.7. The molecule has 0 amide bonds. The van der Waals surface area contributed by atoms with Crippen LogP contribution in [0.2, 0.25) is 0 Å². The molecule has 0 radical (unpaired) electrons. The summed E-state index contributed by atoms with van der Waals surface area (Å²) < 4.78 is 44.1. The quantitative estimate of drug-likeness (QED) is 0.681. The van der Waals surface area contributed by atoms with E-state index < -0.39 is 39.6 Å². The van der Waals surface area contributed by atoms with Crippen molar-refractivity contribution in [2.75, 3.05) is 12.4 Å². The van der Waals surface area contributed by atoms with Crippen molar-refractivity contribution < 1.29 is 22.5 Å². The van der Waals surface area contributed by atoms with Crippen LogP contribution in [0.25, 0.3) is 11.5 Å². The van der Waals surface area contributed by atoms with Gasteiger partial charge in [-0.3, -0.25) is 10.1 Å². The van der Waals surface area contributed by atoms with Gasteiger partial charge in [0.15, 0.2) is 0 Å². The molecule has 2 aromatic heterocycles. The Hall–Kier alpha value is -2.72. The number of alkyl halides is 3. The van der Waals surface area contributed by atoms with Gasteiger partial charge in [-0.1, -0.05) is 0 Å². The van der Waals surface area contributed by atoms with Crippen molar-refractivity contribution in [2.45, 2.75) is 6.18 Å². The SMILES string of the molecule is CNc1ncc([N+](=O)[O-])c(-c2nnco2)c1C(F)(F)F. The Morgan fingerprint density at radius 2 is 2.15 bits per heavy atom. The van der Waals surface area contributed by atoms with E-state index in [0.29, 0.717) is 6.20 Å². The molecule has 0 saturated heterocycles. The molecular formula is C9H6F3N5O3. The standard InChI is InChI=1S/C9H6F3N5O3/c1-13-7-6(9(10,11)12)5(8-16-15-3-20-8)4(2-14-7)17(18)19/h2-3H,1H3,(H,13,14). The van der Waals surface area contributed by atoms with E-state index in [1.165, 1.54) is 7.05 Å². The zero-order valence-corrected chi connectivity index (χ0v) is 9.80. The van der Waals surface area contributed by atoms with Gasteiger partial charge >= 0.3 is 11.9 Å². The number of nitrogens with zero attached hydrogens (tertiary/aromatic N) is 4. The lowest BCUT2D eigenvalue weighted by atomic mass is 10.1. The normalized spacial score (nSPS) is 11.4. The fourth-order valence-electron chi connectivity index (χ4n) is 1.60. The van der Waals surface area contributed by atoms with E-state index in [2.05, 4.69) is 24.9 Å². The monoisotopic (exact) mass is 289 g/mol. The second kappa shape index (κ2) is 4.75. The molecule has 0 aromatic carbocycles. The maximum Gasteiger partial charge on any atom is 0.420 e. The Morgan fingerprint density at radius 3 is 2.60 bits per heavy atom. The number of anilines is 1. The highest BCUT2D eigenvalue weighted by atomic mass is 19.4. The Labute approximate surface area is 108 Å². The fraction of sp³-hybridized carbons (Fsp3) is 0.222. The van der Waals surface area contributed by atoms with Crippen LogP contribution in [0.1, 0.15) is 5.56 Å². The molecular weight excluding hydrogens is 283 g/mol. The summed E-state index contributed by atoms with van der Waals surface area (Å²) in [6.45, 7) is 0. The van der Waals surface area contributed by atoms with E-state index in [9.17, 15) is 23.3 Å². The van der Waals surface area contributed by atoms with E-state index in [1.807, 2.05) is 0 Å². The Kier molecular flexibility index (Phi) is 3.26. The average Bonchev–Trinajstić information content (AvgIpc) is 2.89. The summed E-state index contributed by atoms with van der Waals surface area (Å²) in [6, 6.07) is 0. The number of halogens is 3. The number of aromatic nitrogens is 3. The van der Waals surface area contributed by atoms with Crippen LogP contribution in [0.15, 0.2) is 17.0 Å². The number of pyridine rings is 1. The molecule has 0 unspecified atom stereocenters. The van der Waals surface area contributed by atoms with E-state index >= 15 is 0 Å². The summed E-state index contributed by atoms with van der Waals surface area (Å²) in [5, 5.41) is 19.6. The third kappa shape index (κ3) is 2.24. The van der Waals surface area contributed by atoms with Gasteiger partial charge in [0, 0.05) is 7.05 Å². The highest BCUT2D eigenvalue weighted by Crippen LogP contribution is 2.44. The maximum atomic E-state index is 13.1. The molecule has 0 aliphatic heterocycles. The van der Waals surface area contributed by atoms with Crippen molar-refractivity contribution in [2.24, 2.45) is 0 Å². The smallest absolute Gasteiger partial charge is 0.420 e. The van der Waals surface area contributed by atoms with Crippen LogP contribution >= 0.6 is 0 Å². The largest absolute Gasteiger partial charge is 0.423 e. The van der Waals surface area contributed by atoms with Crippen LogP contribution < -0.4 is 5.32 Å². The van der Waals surface area contributed by atoms with Gasteiger partial charge in [0.25, 0.3) is 5.89 Å². The van der Waals surface area contributed by atoms with Crippen molar-refractivity contribution in [1.29, 1.82) is 0 Å². The van der Waals surface area contributed by atoms with Gasteiger partial charge in [0.1, 0.15) is 23.1 Å². The molecule has 0 spiro atoms. The molecule has 1 N–H and O–H groups in total. The number of hydrogen-bond donors (Lipinski definition) is 1. The Bertz CT molecular complexity index is 641. The van der Waals surface area contributed by atoms with Gasteiger partial charge in [-0.05, 0) is 0 Å². The summed E-state index contributed by atoms with van der Waals surface area (Å²) in [5.74, 6) is -1.18. The molecule has 0 fully saturated rings. The first-order valence-electron chi connectivity index (χ1n) is 5.05. The van der Waals surface area contributed by atoms with Gasteiger partial charge in [0.2, 0.25) is 6.39 Å². The van der Waals surface area contributed by atoms with Crippen LogP contribution in [-0.4, -0.2) is 27.2 Å². The molecule has 2 heterocycles. The van der Waals surface area contributed by atoms with E-state index in [0.717, 1.165) is 6.39 Å². The van der Waals surface area contributed by atoms with E-state index in [4.69, 9.17) is 0 Å². The molecule has 20 heavy (non-hydrogen) atoms. The van der Waals surface area contributed by atoms with Crippen LogP contribution in [-0.2, 0) is 6.18 Å². The number of nitro groups is 1. The predicted octanol–water partition coefficient (Wildman–Crippen LogP) is 2.10. The third-order valence-electron chi connectivity index (χ3n) is 2.35. The van der Waals surface area contributed by atoms with Crippen molar-refractivity contribution >= 4 is 11.5 Å². The average molecular weight is 289 g/mol. The topological polar surface area (TPSA) is 107 Å². The Morgan fingerprint density at radius 1 is 1.45 bits per heavy atom. The summed E-state index contributed by atoms with van der Waals surface area (Å²) in [6.07, 6.45) is -3.42. The molecule has 8 nitrogen and oxygen atoms in total. The molecule has 0 aliphatic carbocycles. The van der Waals surface area contributed by atoms with Crippen molar-refractivity contribution in [1.82, 2.24) is 15.2 Å². The Balaban J connectivity index is 2.87. The van der Waals surface area contributed by atoms with Crippen molar-refractivity contribution in [3.63, 3.8) is 0 Å². The summed E-state index contributed by atoms with van der Waals surface area (Å²) in [4.78, 5) is 13.3. The first-order chi connectivity index (χ1) is 9.36. The van der Waals surface area contributed by atoms with Crippen LogP contribution in [0.4, 0.5) is 24.7 Å². The van der Waals surface area contributed by atoms with Gasteiger partial charge in [-0.25, -0.2) is 4.98 Å². The van der Waals surface area contributed by atoms with Gasteiger partial charge in [-0.2, -0.15) is 13.2 Å². The zero-order valence-electron chi connectivity index (χ0n) is 9.80. The molecule has 2 aromatic rings. The highest BCUT2D eigenvalue weighted by molar-refractivity contribution is 5.75. The second-order valence-electron chi connectivity index (χ2n) is 3.49. The molecule has 0 saturated carbocycles. The molecule has 0 aliphatic rings. The van der Waals surface area contributed by atoms with Gasteiger partial charge < -0.3 is 9.73 Å². The highest BCUT2D eigenvalue weighted by Gasteiger charge is 2.42. The van der Waals surface area contributed by atoms with E-state index in [-0.39, 0.29) is 0 Å². The number of hydrogen-bond acceptors (Lipinski definition) is 7. The van der Waals surface area contributed by atoms with E-state index in [1.54, 1.807) is 0 Å². The molecule has 11 heteroatoms. The van der Waals surface area contributed by atoms with Crippen molar-refractivity contribution in [3.8, 4) is 11.5 Å². The van der Waals surface area contributed by atoms with Crippen molar-refractivity contribution in [3.05, 3.63) is 28.3 Å². The lowest BCUT2D eigenvalue weighted by Gasteiger charge is -2.14. The molecule has 106 valence electrons. The minimum atomic E-state index is -4.89. The lowest BCUT2D eigenvalue weighted by Crippen LogP contribution is -2.14. The fourth-order valence-corrected chi connectivity index (χ4v) is 1.60. The molecule has 2 rings (SSSR count). The molecule has 0 atom stereocenters. The predicted molar refractivity (Wildman–Crippen MR) is 58.7 cm³/mol. The van der Waals surface area contributed by atoms with Crippen LogP contribution in [0.5, 0.6) is 0 Å². The summed E-state index contributed by atoms with van der Waals surface area (Å²) >= 11 is 0. The first-order valence-corrected chi connectivity index (χ1v) is 5.05. The second-order valence-corrected chi connectivity index (χ2v) is 3.49. The van der Waals surface area contributed by atoms with Crippen LogP contribution in [0, 0.1) is 10.1 Å².